The van der Waals surface area contributed by atoms with Crippen molar-refractivity contribution in [3.8, 4) is 34.2 Å². The van der Waals surface area contributed by atoms with E-state index in [9.17, 15) is 0 Å². The maximum Gasteiger partial charge on any atom is 0.164 e. The Morgan fingerprint density at radius 3 is 1.45 bits per heavy atom. The molecule has 4 heterocycles. The van der Waals surface area contributed by atoms with Crippen molar-refractivity contribution in [1.29, 1.82) is 0 Å². The number of thiophene rings is 2. The van der Waals surface area contributed by atoms with E-state index in [0.29, 0.717) is 17.5 Å². The van der Waals surface area contributed by atoms with Gasteiger partial charge in [0.15, 0.2) is 17.5 Å². The highest BCUT2D eigenvalue weighted by Crippen LogP contribution is 2.46. The van der Waals surface area contributed by atoms with E-state index in [-0.39, 0.29) is 0 Å². The van der Waals surface area contributed by atoms with Crippen LogP contribution in [0.4, 0.5) is 0 Å². The summed E-state index contributed by atoms with van der Waals surface area (Å²) in [5.41, 5.74) is 4.54. The topological polar surface area (TPSA) is 51.8 Å². The van der Waals surface area contributed by atoms with E-state index >= 15 is 0 Å². The number of furan rings is 1. The average molecular weight is 712 g/mol. The van der Waals surface area contributed by atoms with Crippen LogP contribution < -0.4 is 0 Å². The van der Waals surface area contributed by atoms with Crippen LogP contribution in [-0.4, -0.2) is 15.0 Å². The van der Waals surface area contributed by atoms with Crippen LogP contribution in [0.25, 0.3) is 118 Å². The third kappa shape index (κ3) is 4.31. The Morgan fingerprint density at radius 1 is 0.377 bits per heavy atom. The average Bonchev–Trinajstić information content (AvgIpc) is 3.92. The van der Waals surface area contributed by atoms with Crippen LogP contribution in [0.2, 0.25) is 0 Å². The minimum Gasteiger partial charge on any atom is -0.456 e. The van der Waals surface area contributed by atoms with Crippen molar-refractivity contribution < 1.29 is 4.42 Å². The van der Waals surface area contributed by atoms with Crippen LogP contribution in [0.5, 0.6) is 0 Å². The molecule has 8 aromatic carbocycles. The minimum atomic E-state index is 0.606. The van der Waals surface area contributed by atoms with Crippen LogP contribution in [0, 0.1) is 0 Å². The van der Waals surface area contributed by atoms with Crippen LogP contribution in [0.15, 0.2) is 156 Å². The van der Waals surface area contributed by atoms with Gasteiger partial charge in [0.25, 0.3) is 0 Å². The zero-order valence-corrected chi connectivity index (χ0v) is 29.6. The molecule has 0 radical (unpaired) electrons. The Hall–Kier alpha value is -6.47. The molecular formula is C47H25N3OS2. The fourth-order valence-electron chi connectivity index (χ4n) is 8.08. The summed E-state index contributed by atoms with van der Waals surface area (Å²) < 4.78 is 11.3. The summed E-state index contributed by atoms with van der Waals surface area (Å²) in [6.45, 7) is 0. The van der Waals surface area contributed by atoms with Crippen molar-refractivity contribution in [1.82, 2.24) is 15.0 Å². The van der Waals surface area contributed by atoms with Gasteiger partial charge in [-0.15, -0.1) is 22.7 Å². The second-order valence-electron chi connectivity index (χ2n) is 13.5. The summed E-state index contributed by atoms with van der Waals surface area (Å²) in [5.74, 6) is 1.90. The molecule has 0 N–H and O–H groups in total. The molecule has 0 spiro atoms. The fourth-order valence-corrected chi connectivity index (χ4v) is 10.6. The summed E-state index contributed by atoms with van der Waals surface area (Å²) in [4.78, 5) is 16.1. The molecule has 0 saturated heterocycles. The van der Waals surface area contributed by atoms with Gasteiger partial charge in [0, 0.05) is 67.8 Å². The first-order valence-electron chi connectivity index (χ1n) is 17.6. The molecule has 0 atom stereocenters. The molecule has 0 amide bonds. The van der Waals surface area contributed by atoms with Crippen LogP contribution in [0.1, 0.15) is 0 Å². The molecule has 6 heteroatoms. The fraction of sp³-hybridized carbons (Fsp3) is 0. The van der Waals surface area contributed by atoms with Gasteiger partial charge in [-0.3, -0.25) is 0 Å². The van der Waals surface area contributed by atoms with Crippen LogP contribution >= 0.6 is 22.7 Å². The second kappa shape index (κ2) is 11.0. The molecule has 0 aliphatic carbocycles. The van der Waals surface area contributed by atoms with Crippen molar-refractivity contribution in [3.63, 3.8) is 0 Å². The zero-order chi connectivity index (χ0) is 34.6. The zero-order valence-electron chi connectivity index (χ0n) is 28.0. The molecule has 0 saturated carbocycles. The number of aromatic nitrogens is 3. The Morgan fingerprint density at radius 2 is 0.849 bits per heavy atom. The third-order valence-corrected chi connectivity index (χ3v) is 12.9. The van der Waals surface area contributed by atoms with Crippen molar-refractivity contribution in [3.05, 3.63) is 152 Å². The first kappa shape index (κ1) is 29.1. The van der Waals surface area contributed by atoms with Gasteiger partial charge in [0.05, 0.1) is 0 Å². The van der Waals surface area contributed by atoms with Crippen LogP contribution in [0.3, 0.4) is 0 Å². The number of benzene rings is 8. The summed E-state index contributed by atoms with van der Waals surface area (Å²) >= 11 is 3.66. The van der Waals surface area contributed by atoms with E-state index in [1.54, 1.807) is 0 Å². The SMILES string of the molecule is c1ccc2c(c1)cc(-c1nc(-c3ccc4c(c3)oc3ccccc34)nc(-c3cc4ccccc4c4sc5ccccc5c34)n1)c1c3ccccc3sc21. The highest BCUT2D eigenvalue weighted by molar-refractivity contribution is 7.27. The Balaban J connectivity index is 1.21. The minimum absolute atomic E-state index is 0.606. The first-order valence-corrected chi connectivity index (χ1v) is 19.2. The van der Waals surface area contributed by atoms with E-state index in [4.69, 9.17) is 19.4 Å². The maximum absolute atomic E-state index is 6.36. The van der Waals surface area contributed by atoms with Gasteiger partial charge in [0.1, 0.15) is 11.2 Å². The largest absolute Gasteiger partial charge is 0.456 e. The lowest BCUT2D eigenvalue weighted by Crippen LogP contribution is -2.01. The molecule has 4 nitrogen and oxygen atoms in total. The van der Waals surface area contributed by atoms with E-state index < -0.39 is 0 Å². The highest BCUT2D eigenvalue weighted by atomic mass is 32.1. The van der Waals surface area contributed by atoms with Gasteiger partial charge in [-0.05, 0) is 64.0 Å². The van der Waals surface area contributed by atoms with E-state index in [1.165, 1.54) is 51.1 Å². The number of para-hydroxylation sites is 1. The molecule has 12 rings (SSSR count). The van der Waals surface area contributed by atoms with Crippen molar-refractivity contribution in [2.75, 3.05) is 0 Å². The summed E-state index contributed by atoms with van der Waals surface area (Å²) in [6, 6.07) is 53.6. The lowest BCUT2D eigenvalue weighted by Gasteiger charge is -2.13. The second-order valence-corrected chi connectivity index (χ2v) is 15.6. The number of rotatable bonds is 3. The van der Waals surface area contributed by atoms with Gasteiger partial charge in [-0.25, -0.2) is 15.0 Å². The lowest BCUT2D eigenvalue weighted by molar-refractivity contribution is 0.669. The third-order valence-electron chi connectivity index (χ3n) is 10.5. The molecule has 12 aromatic rings. The number of hydrogen-bond acceptors (Lipinski definition) is 6. The van der Waals surface area contributed by atoms with Gasteiger partial charge in [-0.2, -0.15) is 0 Å². The number of fused-ring (bicyclic) bond motifs is 13. The normalized spacial score (nSPS) is 12.2. The standard InChI is InChI=1S/C47H25N3OS2/c1-3-13-29-26(11-1)23-35(41-33-16-6-9-19-39(33)52-43(29)41)46-48-45(28-21-22-32-31-15-5-8-18-37(31)51-38(32)25-28)49-47(50-46)36-24-27-12-2-4-14-30(27)44-42(36)34-17-7-10-20-40(34)53-44/h1-25H. The molecule has 0 unspecified atom stereocenters. The maximum atomic E-state index is 6.36. The van der Waals surface area contributed by atoms with Crippen LogP contribution in [-0.2, 0) is 0 Å². The summed E-state index contributed by atoms with van der Waals surface area (Å²) in [6.07, 6.45) is 0. The molecule has 246 valence electrons. The van der Waals surface area contributed by atoms with E-state index in [1.807, 2.05) is 40.9 Å². The van der Waals surface area contributed by atoms with Crippen molar-refractivity contribution >= 4 is 107 Å². The molecule has 0 aliphatic rings. The predicted octanol–water partition coefficient (Wildman–Crippen LogP) is 13.8. The lowest BCUT2D eigenvalue weighted by atomic mass is 9.98. The Bertz CT molecular complexity index is 3310. The quantitative estimate of drug-likeness (QED) is 0.183. The molecular weight excluding hydrogens is 687 g/mol. The number of hydrogen-bond donors (Lipinski definition) is 0. The predicted molar refractivity (Wildman–Crippen MR) is 224 cm³/mol. The van der Waals surface area contributed by atoms with Crippen molar-refractivity contribution in [2.45, 2.75) is 0 Å². The highest BCUT2D eigenvalue weighted by Gasteiger charge is 2.22. The smallest absolute Gasteiger partial charge is 0.164 e. The first-order chi connectivity index (χ1) is 26.2. The molecule has 0 aliphatic heterocycles. The van der Waals surface area contributed by atoms with Crippen molar-refractivity contribution in [2.24, 2.45) is 0 Å². The van der Waals surface area contributed by atoms with E-state index in [0.717, 1.165) is 49.4 Å². The van der Waals surface area contributed by atoms with Gasteiger partial charge in [0.2, 0.25) is 0 Å². The Kier molecular flexibility index (Phi) is 6.06. The monoisotopic (exact) mass is 711 g/mol. The van der Waals surface area contributed by atoms with Gasteiger partial charge < -0.3 is 4.42 Å². The molecule has 4 aromatic heterocycles. The molecule has 0 bridgehead atoms. The summed E-state index contributed by atoms with van der Waals surface area (Å²) in [7, 11) is 0. The number of nitrogens with zero attached hydrogens (tertiary/aromatic N) is 3. The summed E-state index contributed by atoms with van der Waals surface area (Å²) in [5, 5.41) is 11.7. The Labute approximate surface area is 310 Å². The van der Waals surface area contributed by atoms with E-state index in [2.05, 4.69) is 133 Å². The van der Waals surface area contributed by atoms with Gasteiger partial charge in [-0.1, -0.05) is 109 Å². The molecule has 53 heavy (non-hydrogen) atoms. The van der Waals surface area contributed by atoms with Gasteiger partial charge >= 0.3 is 0 Å². The molecule has 0 fully saturated rings.